The van der Waals surface area contributed by atoms with Gasteiger partial charge >= 0.3 is 0 Å². The Morgan fingerprint density at radius 3 is 2.50 bits per heavy atom. The topological polar surface area (TPSA) is 35.5 Å². The van der Waals surface area contributed by atoms with Crippen molar-refractivity contribution in [1.29, 1.82) is 0 Å². The maximum Gasteiger partial charge on any atom is 0.123 e. The smallest absolute Gasteiger partial charge is 0.123 e. The van der Waals surface area contributed by atoms with Crippen LogP contribution in [0, 0.1) is 5.82 Å². The summed E-state index contributed by atoms with van der Waals surface area (Å²) in [7, 11) is 3.64. The Bertz CT molecular complexity index is 606. The number of hydrogen-bond donors (Lipinski definition) is 2. The lowest BCUT2D eigenvalue weighted by Crippen LogP contribution is -2.39. The van der Waals surface area contributed by atoms with Gasteiger partial charge in [-0.3, -0.25) is 0 Å². The molecule has 0 amide bonds. The van der Waals surface area contributed by atoms with E-state index in [1.165, 1.54) is 12.1 Å². The van der Waals surface area contributed by atoms with Gasteiger partial charge in [-0.25, -0.2) is 4.39 Å². The Kier molecular flexibility index (Phi) is 5.77. The molecule has 0 heterocycles. The maximum absolute atomic E-state index is 13.6. The van der Waals surface area contributed by atoms with E-state index >= 15 is 0 Å². The Labute approximate surface area is 135 Å². The van der Waals surface area contributed by atoms with Crippen LogP contribution in [0.25, 0.3) is 0 Å². The molecule has 0 aromatic heterocycles. The lowest BCUT2D eigenvalue weighted by Gasteiger charge is -2.34. The summed E-state index contributed by atoms with van der Waals surface area (Å²) in [4.78, 5) is 1.92. The normalized spacial score (nSPS) is 13.7. The van der Waals surface area contributed by atoms with Crippen molar-refractivity contribution < 1.29 is 9.50 Å². The highest BCUT2D eigenvalue weighted by Crippen LogP contribution is 2.29. The third-order valence-electron chi connectivity index (χ3n) is 3.62. The second-order valence-electron chi connectivity index (χ2n) is 5.21. The van der Waals surface area contributed by atoms with Crippen molar-refractivity contribution in [2.45, 2.75) is 12.1 Å². The van der Waals surface area contributed by atoms with Crippen LogP contribution in [0.2, 0.25) is 5.02 Å². The SMILES string of the molecule is CNC[C@@H](O)[C@H](c1cccc(F)c1)N(C)c1ccc(Cl)cc1. The number of anilines is 1. The molecule has 0 spiro atoms. The molecule has 3 nitrogen and oxygen atoms in total. The fraction of sp³-hybridized carbons (Fsp3) is 0.294. The maximum atomic E-state index is 13.6. The molecular weight excluding hydrogens is 303 g/mol. The zero-order valence-corrected chi connectivity index (χ0v) is 13.4. The summed E-state index contributed by atoms with van der Waals surface area (Å²) in [6.45, 7) is 0.402. The molecule has 2 N–H and O–H groups in total. The van der Waals surface area contributed by atoms with Crippen LogP contribution in [-0.2, 0) is 0 Å². The number of nitrogens with one attached hydrogen (secondary N) is 1. The van der Waals surface area contributed by atoms with E-state index < -0.39 is 6.10 Å². The molecule has 0 aliphatic rings. The summed E-state index contributed by atoms with van der Waals surface area (Å²) in [5, 5.41) is 14.1. The van der Waals surface area contributed by atoms with Crippen LogP contribution in [0.1, 0.15) is 11.6 Å². The highest BCUT2D eigenvalue weighted by atomic mass is 35.5. The van der Waals surface area contributed by atoms with Gasteiger partial charge in [0.15, 0.2) is 0 Å². The summed E-state index contributed by atoms with van der Waals surface area (Å²) in [6.07, 6.45) is -0.688. The van der Waals surface area contributed by atoms with Gasteiger partial charge in [0, 0.05) is 24.3 Å². The van der Waals surface area contributed by atoms with Crippen molar-refractivity contribution in [3.63, 3.8) is 0 Å². The van der Waals surface area contributed by atoms with Gasteiger partial charge < -0.3 is 15.3 Å². The Morgan fingerprint density at radius 2 is 1.91 bits per heavy atom. The average molecular weight is 323 g/mol. The molecule has 0 unspecified atom stereocenters. The summed E-state index contributed by atoms with van der Waals surface area (Å²) < 4.78 is 13.6. The Balaban J connectivity index is 2.37. The molecule has 0 bridgehead atoms. The lowest BCUT2D eigenvalue weighted by atomic mass is 9.99. The van der Waals surface area contributed by atoms with E-state index in [4.69, 9.17) is 11.6 Å². The van der Waals surface area contributed by atoms with E-state index in [1.807, 2.05) is 30.1 Å². The van der Waals surface area contributed by atoms with Crippen molar-refractivity contribution in [3.05, 3.63) is 64.9 Å². The highest BCUT2D eigenvalue weighted by molar-refractivity contribution is 6.30. The molecule has 0 saturated heterocycles. The number of nitrogens with zero attached hydrogens (tertiary/aromatic N) is 1. The lowest BCUT2D eigenvalue weighted by molar-refractivity contribution is 0.142. The third-order valence-corrected chi connectivity index (χ3v) is 3.87. The first-order valence-electron chi connectivity index (χ1n) is 7.09. The van der Waals surface area contributed by atoms with Crippen LogP contribution in [0.3, 0.4) is 0 Å². The summed E-state index contributed by atoms with van der Waals surface area (Å²) >= 11 is 5.92. The van der Waals surface area contributed by atoms with E-state index in [0.29, 0.717) is 11.6 Å². The molecule has 22 heavy (non-hydrogen) atoms. The van der Waals surface area contributed by atoms with Gasteiger partial charge in [0.1, 0.15) is 5.82 Å². The van der Waals surface area contributed by atoms with Crippen LogP contribution < -0.4 is 10.2 Å². The number of halogens is 2. The predicted molar refractivity (Wildman–Crippen MR) is 88.9 cm³/mol. The average Bonchev–Trinajstić information content (AvgIpc) is 2.48. The second kappa shape index (κ2) is 7.58. The third kappa shape index (κ3) is 3.97. The molecule has 0 radical (unpaired) electrons. The van der Waals surface area contributed by atoms with Crippen LogP contribution in [0.15, 0.2) is 48.5 Å². The largest absolute Gasteiger partial charge is 0.389 e. The zero-order chi connectivity index (χ0) is 16.1. The van der Waals surface area contributed by atoms with Crippen LogP contribution >= 0.6 is 11.6 Å². The first-order chi connectivity index (χ1) is 10.5. The molecule has 2 rings (SSSR count). The van der Waals surface area contributed by atoms with E-state index in [0.717, 1.165) is 11.3 Å². The van der Waals surface area contributed by atoms with Crippen molar-refractivity contribution in [1.82, 2.24) is 5.32 Å². The molecule has 0 aliphatic carbocycles. The predicted octanol–water partition coefficient (Wildman–Crippen LogP) is 3.24. The monoisotopic (exact) mass is 322 g/mol. The van der Waals surface area contributed by atoms with E-state index in [2.05, 4.69) is 5.32 Å². The van der Waals surface area contributed by atoms with Crippen LogP contribution in [-0.4, -0.2) is 31.9 Å². The molecule has 0 aliphatic heterocycles. The number of likely N-dealkylation sites (N-methyl/N-ethyl adjacent to an activating group) is 2. The van der Waals surface area contributed by atoms with Crippen LogP contribution in [0.5, 0.6) is 0 Å². The number of aliphatic hydroxyl groups excluding tert-OH is 1. The van der Waals surface area contributed by atoms with Gasteiger partial charge in [-0.2, -0.15) is 0 Å². The Morgan fingerprint density at radius 1 is 1.23 bits per heavy atom. The molecular formula is C17H20ClFN2O. The van der Waals surface area contributed by atoms with E-state index in [1.54, 1.807) is 25.2 Å². The van der Waals surface area contributed by atoms with Gasteiger partial charge in [-0.05, 0) is 49.0 Å². The fourth-order valence-electron chi connectivity index (χ4n) is 2.55. The van der Waals surface area contributed by atoms with Gasteiger partial charge in [-0.1, -0.05) is 23.7 Å². The molecule has 2 aromatic rings. The van der Waals surface area contributed by atoms with Gasteiger partial charge in [0.2, 0.25) is 0 Å². The summed E-state index contributed by atoms with van der Waals surface area (Å²) in [6, 6.07) is 13.3. The van der Waals surface area contributed by atoms with Crippen molar-refractivity contribution in [3.8, 4) is 0 Å². The standard InChI is InChI=1S/C17H20ClFN2O/c1-20-11-16(22)17(12-4-3-5-14(19)10-12)21(2)15-8-6-13(18)7-9-15/h3-10,16-17,20,22H,11H2,1-2H3/t16-,17+/m1/s1. The minimum Gasteiger partial charge on any atom is -0.389 e. The number of hydrogen-bond acceptors (Lipinski definition) is 3. The first kappa shape index (κ1) is 16.7. The molecule has 118 valence electrons. The van der Waals surface area contributed by atoms with Crippen molar-refractivity contribution in [2.75, 3.05) is 25.5 Å². The molecule has 2 atom stereocenters. The molecule has 0 fully saturated rings. The van der Waals surface area contributed by atoms with E-state index in [9.17, 15) is 9.50 Å². The van der Waals surface area contributed by atoms with Gasteiger partial charge in [0.25, 0.3) is 0 Å². The summed E-state index contributed by atoms with van der Waals surface area (Å²) in [5.74, 6) is -0.316. The minimum atomic E-state index is -0.688. The van der Waals surface area contributed by atoms with Crippen molar-refractivity contribution in [2.24, 2.45) is 0 Å². The van der Waals surface area contributed by atoms with Gasteiger partial charge in [0.05, 0.1) is 12.1 Å². The second-order valence-corrected chi connectivity index (χ2v) is 5.65. The Hall–Kier alpha value is -1.62. The quantitative estimate of drug-likeness (QED) is 0.857. The highest BCUT2D eigenvalue weighted by Gasteiger charge is 2.25. The number of aliphatic hydroxyl groups is 1. The molecule has 5 heteroatoms. The van der Waals surface area contributed by atoms with Crippen molar-refractivity contribution >= 4 is 17.3 Å². The number of rotatable bonds is 6. The zero-order valence-electron chi connectivity index (χ0n) is 12.6. The van der Waals surface area contributed by atoms with Crippen LogP contribution in [0.4, 0.5) is 10.1 Å². The summed E-state index contributed by atoms with van der Waals surface area (Å²) in [5.41, 5.74) is 1.62. The fourth-order valence-corrected chi connectivity index (χ4v) is 2.68. The first-order valence-corrected chi connectivity index (χ1v) is 7.47. The minimum absolute atomic E-state index is 0.316. The molecule has 2 aromatic carbocycles. The molecule has 0 saturated carbocycles. The van der Waals surface area contributed by atoms with Gasteiger partial charge in [-0.15, -0.1) is 0 Å². The number of benzene rings is 2. The van der Waals surface area contributed by atoms with E-state index in [-0.39, 0.29) is 11.9 Å².